The molecule has 0 radical (unpaired) electrons. The van der Waals surface area contributed by atoms with E-state index < -0.39 is 119 Å². The molecule has 1 spiro atoms. The first kappa shape index (κ1) is 35.8. The first-order valence-electron chi connectivity index (χ1n) is 15.8. The van der Waals surface area contributed by atoms with E-state index in [2.05, 4.69) is 0 Å². The average molecular weight is 671 g/mol. The summed E-state index contributed by atoms with van der Waals surface area (Å²) in [5.74, 6) is -4.78. The van der Waals surface area contributed by atoms with Crippen molar-refractivity contribution in [2.45, 2.75) is 121 Å². The molecule has 47 heavy (non-hydrogen) atoms. The number of epoxide rings is 1. The lowest BCUT2D eigenvalue weighted by atomic mass is 9.37. The zero-order valence-electron chi connectivity index (χ0n) is 27.0. The molecule has 2 aliphatic carbocycles. The molecule has 4 fully saturated rings. The van der Waals surface area contributed by atoms with E-state index in [1.165, 1.54) is 26.2 Å². The summed E-state index contributed by atoms with van der Waals surface area (Å²) in [5.41, 5.74) is -7.97. The van der Waals surface area contributed by atoms with Gasteiger partial charge in [0.1, 0.15) is 47.7 Å². The van der Waals surface area contributed by atoms with Gasteiger partial charge in [-0.3, -0.25) is 9.59 Å². The summed E-state index contributed by atoms with van der Waals surface area (Å²) in [4.78, 5) is 39.2. The number of fused-ring (bicyclic) bond motifs is 2. The molecule has 15 nitrogen and oxygen atoms in total. The Morgan fingerprint density at radius 1 is 1.11 bits per heavy atom. The monoisotopic (exact) mass is 670 g/mol. The Morgan fingerprint density at radius 3 is 2.28 bits per heavy atom. The van der Waals surface area contributed by atoms with Gasteiger partial charge in [0.25, 0.3) is 0 Å². The van der Waals surface area contributed by atoms with Crippen LogP contribution in [0.25, 0.3) is 0 Å². The Balaban J connectivity index is 1.67. The molecule has 4 aliphatic rings. The van der Waals surface area contributed by atoms with Crippen LogP contribution in [0.4, 0.5) is 0 Å². The Kier molecular flexibility index (Phi) is 9.03. The van der Waals surface area contributed by atoms with Crippen LogP contribution in [0.3, 0.4) is 0 Å². The molecular weight excluding hydrogens is 624 g/mol. The molecule has 0 aromatic carbocycles. The SMILES string of the molecule is CC(C)(O)[C@@H]1CC(=O)[C@]2(C)[C@H](CC[C@@](C)([C@@H](O[C@@H]3O[C@H](CO)[C@@H](O)[C@H](O)[C@H]3O)c3ccco3)[C@@]23O[C@@H]3C(=O)O)[C@@]1(C)[C@H](O)CC(=O)O. The number of carboxylic acid groups (broad SMARTS) is 2. The van der Waals surface area contributed by atoms with Crippen molar-refractivity contribution in [2.24, 2.45) is 28.1 Å². The summed E-state index contributed by atoms with van der Waals surface area (Å²) in [5, 5.41) is 84.4. The maximum Gasteiger partial charge on any atom is 0.335 e. The molecule has 264 valence electrons. The molecule has 1 aromatic heterocycles. The van der Waals surface area contributed by atoms with Gasteiger partial charge in [-0.2, -0.15) is 0 Å². The summed E-state index contributed by atoms with van der Waals surface area (Å²) in [6, 6.07) is 3.08. The summed E-state index contributed by atoms with van der Waals surface area (Å²) in [6.45, 7) is 7.07. The van der Waals surface area contributed by atoms with E-state index in [0.717, 1.165) is 0 Å². The summed E-state index contributed by atoms with van der Waals surface area (Å²) >= 11 is 0. The van der Waals surface area contributed by atoms with Gasteiger partial charge in [0, 0.05) is 23.2 Å². The van der Waals surface area contributed by atoms with Gasteiger partial charge in [-0.1, -0.05) is 13.8 Å². The highest BCUT2D eigenvalue weighted by molar-refractivity contribution is 5.92. The number of rotatable bonds is 10. The molecule has 5 rings (SSSR count). The summed E-state index contributed by atoms with van der Waals surface area (Å²) in [7, 11) is 0. The number of carbonyl (C=O) groups is 3. The summed E-state index contributed by atoms with van der Waals surface area (Å²) < 4.78 is 23.9. The predicted octanol–water partition coefficient (Wildman–Crippen LogP) is -0.0162. The van der Waals surface area contributed by atoms with Gasteiger partial charge in [-0.25, -0.2) is 4.79 Å². The molecule has 2 saturated carbocycles. The second-order valence-corrected chi connectivity index (χ2v) is 14.8. The first-order chi connectivity index (χ1) is 21.7. The largest absolute Gasteiger partial charge is 0.481 e. The van der Waals surface area contributed by atoms with E-state index in [9.17, 15) is 55.2 Å². The van der Waals surface area contributed by atoms with Crippen molar-refractivity contribution < 1.29 is 73.9 Å². The van der Waals surface area contributed by atoms with Gasteiger partial charge in [0.05, 0.1) is 36.4 Å². The van der Waals surface area contributed by atoms with Crippen LogP contribution < -0.4 is 0 Å². The van der Waals surface area contributed by atoms with Crippen molar-refractivity contribution in [1.82, 2.24) is 0 Å². The van der Waals surface area contributed by atoms with Crippen molar-refractivity contribution >= 4 is 17.7 Å². The Hall–Kier alpha value is -2.47. The molecule has 3 heterocycles. The number of furan rings is 1. The zero-order chi connectivity index (χ0) is 35.1. The minimum Gasteiger partial charge on any atom is -0.481 e. The van der Waals surface area contributed by atoms with Crippen LogP contribution in [0.15, 0.2) is 22.8 Å². The van der Waals surface area contributed by atoms with Crippen molar-refractivity contribution in [3.8, 4) is 0 Å². The zero-order valence-corrected chi connectivity index (χ0v) is 27.0. The second-order valence-electron chi connectivity index (χ2n) is 14.8. The van der Waals surface area contributed by atoms with Gasteiger partial charge in [-0.05, 0) is 51.7 Å². The molecule has 8 N–H and O–H groups in total. The van der Waals surface area contributed by atoms with E-state index in [0.29, 0.717) is 0 Å². The smallest absolute Gasteiger partial charge is 0.335 e. The Morgan fingerprint density at radius 2 is 1.77 bits per heavy atom. The van der Waals surface area contributed by atoms with E-state index in [1.54, 1.807) is 26.8 Å². The minimum atomic E-state index is -1.85. The Bertz CT molecular complexity index is 1360. The molecule has 0 amide bonds. The van der Waals surface area contributed by atoms with Crippen LogP contribution in [0.2, 0.25) is 0 Å². The second kappa shape index (κ2) is 11.8. The molecule has 0 bridgehead atoms. The highest BCUT2D eigenvalue weighted by atomic mass is 16.7. The number of hydrogen-bond donors (Lipinski definition) is 8. The van der Waals surface area contributed by atoms with Gasteiger partial charge in [0.2, 0.25) is 0 Å². The summed E-state index contributed by atoms with van der Waals surface area (Å²) in [6.07, 6.45) is -12.2. The van der Waals surface area contributed by atoms with Gasteiger partial charge < -0.3 is 59.5 Å². The van der Waals surface area contributed by atoms with E-state index in [1.807, 2.05) is 0 Å². The number of hydrogen-bond acceptors (Lipinski definition) is 13. The number of aliphatic hydroxyl groups excluding tert-OH is 5. The van der Waals surface area contributed by atoms with Crippen LogP contribution in [-0.2, 0) is 28.6 Å². The fourth-order valence-corrected chi connectivity index (χ4v) is 9.64. The molecule has 2 aliphatic heterocycles. The number of carboxylic acids is 2. The Labute approximate surface area is 271 Å². The lowest BCUT2D eigenvalue weighted by Gasteiger charge is -2.66. The first-order valence-corrected chi connectivity index (χ1v) is 15.8. The topological polar surface area (TPSA) is 257 Å². The number of Topliss-reactive ketones (excluding diaryl/α,β-unsaturated/α-hetero) is 1. The maximum absolute atomic E-state index is 14.6. The molecule has 2 saturated heterocycles. The molecule has 1 aromatic rings. The normalized spacial score (nSPS) is 44.9. The number of carbonyl (C=O) groups excluding carboxylic acids is 1. The fraction of sp³-hybridized carbons (Fsp3) is 0.781. The highest BCUT2D eigenvalue weighted by Crippen LogP contribution is 2.77. The van der Waals surface area contributed by atoms with Gasteiger partial charge >= 0.3 is 11.9 Å². The number of aliphatic carboxylic acids is 2. The standard InChI is InChI=1S/C32H46O15/c1-28(2,43)17-11-19(35)31(5)16(30(17,4)18(34)12-20(36)37)8-9-29(3,32(31)25(47-32)26(41)42)24(14-7-6-10-44-14)46-27-23(40)22(39)21(38)15(13-33)45-27/h6-7,10,15-18,21-25,27,33-34,38-40,43H,8-9,11-13H2,1-5H3,(H,36,37)(H,41,42)/t15-,16-,17+,18-,21-,22+,23-,24+,25-,27+,29+,30-,31+,32-/m1/s1. The quantitative estimate of drug-likeness (QED) is 0.152. The molecular formula is C32H46O15. The van der Waals surface area contributed by atoms with E-state index in [4.69, 9.17) is 18.6 Å². The molecule has 0 unspecified atom stereocenters. The average Bonchev–Trinajstić information content (AvgIpc) is 3.55. The van der Waals surface area contributed by atoms with Gasteiger partial charge in [-0.15, -0.1) is 0 Å². The third-order valence-corrected chi connectivity index (χ3v) is 12.0. The lowest BCUT2D eigenvalue weighted by Crippen LogP contribution is -2.72. The number of ketones is 1. The number of aliphatic hydroxyl groups is 6. The lowest BCUT2D eigenvalue weighted by molar-refractivity contribution is -0.330. The molecule has 15 heteroatoms. The van der Waals surface area contributed by atoms with Crippen molar-refractivity contribution in [1.29, 1.82) is 0 Å². The fourth-order valence-electron chi connectivity index (χ4n) is 9.64. The third-order valence-electron chi connectivity index (χ3n) is 12.0. The van der Waals surface area contributed by atoms with E-state index >= 15 is 0 Å². The van der Waals surface area contributed by atoms with Crippen LogP contribution >= 0.6 is 0 Å². The minimum absolute atomic E-state index is 0.0566. The van der Waals surface area contributed by atoms with Crippen molar-refractivity contribution in [3.05, 3.63) is 24.2 Å². The van der Waals surface area contributed by atoms with Gasteiger partial charge in [0.15, 0.2) is 12.4 Å². The maximum atomic E-state index is 14.6. The van der Waals surface area contributed by atoms with Crippen LogP contribution in [0, 0.1) is 28.1 Å². The van der Waals surface area contributed by atoms with Crippen LogP contribution in [0.5, 0.6) is 0 Å². The highest BCUT2D eigenvalue weighted by Gasteiger charge is 2.86. The van der Waals surface area contributed by atoms with Crippen LogP contribution in [-0.4, -0.2) is 119 Å². The molecule has 14 atom stereocenters. The third kappa shape index (κ3) is 5.08. The van der Waals surface area contributed by atoms with E-state index in [-0.39, 0.29) is 25.0 Å². The number of ether oxygens (including phenoxy) is 3. The van der Waals surface area contributed by atoms with Crippen LogP contribution in [0.1, 0.15) is 72.2 Å². The predicted molar refractivity (Wildman–Crippen MR) is 156 cm³/mol. The van der Waals surface area contributed by atoms with Crippen molar-refractivity contribution in [3.63, 3.8) is 0 Å². The van der Waals surface area contributed by atoms with Crippen molar-refractivity contribution in [2.75, 3.05) is 6.61 Å².